The average Bonchev–Trinajstić information content (AvgIpc) is 3.67. The van der Waals surface area contributed by atoms with Gasteiger partial charge < -0.3 is 9.32 Å². The second-order valence-corrected chi connectivity index (χ2v) is 14.1. The normalized spacial score (nSPS) is 11.2. The zero-order valence-corrected chi connectivity index (χ0v) is 30.7. The Morgan fingerprint density at radius 3 is 1.41 bits per heavy atom. The Morgan fingerprint density at radius 1 is 0.286 bits per heavy atom. The highest BCUT2D eigenvalue weighted by Crippen LogP contribution is 2.50. The number of anilines is 3. The van der Waals surface area contributed by atoms with Crippen LogP contribution in [0.15, 0.2) is 229 Å². The van der Waals surface area contributed by atoms with E-state index in [2.05, 4.69) is 223 Å². The maximum atomic E-state index is 6.50. The molecule has 0 aliphatic heterocycles. The van der Waals surface area contributed by atoms with Gasteiger partial charge in [0.2, 0.25) is 0 Å². The van der Waals surface area contributed by atoms with Gasteiger partial charge in [0.15, 0.2) is 0 Å². The van der Waals surface area contributed by atoms with Crippen molar-refractivity contribution in [2.24, 2.45) is 0 Å². The number of furan rings is 1. The van der Waals surface area contributed by atoms with Crippen molar-refractivity contribution in [3.63, 3.8) is 0 Å². The number of para-hydroxylation sites is 1. The summed E-state index contributed by atoms with van der Waals surface area (Å²) in [6.07, 6.45) is 0. The lowest BCUT2D eigenvalue weighted by molar-refractivity contribution is 0.669. The van der Waals surface area contributed by atoms with Crippen molar-refractivity contribution in [2.45, 2.75) is 0 Å². The number of hydrogen-bond donors (Lipinski definition) is 0. The highest BCUT2D eigenvalue weighted by Gasteiger charge is 2.25. The Hall–Kier alpha value is -7.42. The molecule has 2 nitrogen and oxygen atoms in total. The Balaban J connectivity index is 1.26. The molecule has 0 atom stereocenters. The maximum Gasteiger partial charge on any atom is 0.137 e. The molecule has 264 valence electrons. The molecule has 0 saturated carbocycles. The summed E-state index contributed by atoms with van der Waals surface area (Å²) in [4.78, 5) is 2.43. The Bertz CT molecular complexity index is 2930. The van der Waals surface area contributed by atoms with Crippen LogP contribution in [0.3, 0.4) is 0 Å². The van der Waals surface area contributed by atoms with Gasteiger partial charge in [0, 0.05) is 16.6 Å². The lowest BCUT2D eigenvalue weighted by Gasteiger charge is -2.30. The summed E-state index contributed by atoms with van der Waals surface area (Å²) in [6.45, 7) is 0. The van der Waals surface area contributed by atoms with Crippen LogP contribution >= 0.6 is 0 Å². The predicted octanol–water partition coefficient (Wildman–Crippen LogP) is 15.4. The molecule has 0 unspecified atom stereocenters. The van der Waals surface area contributed by atoms with Crippen LogP contribution in [0.2, 0.25) is 0 Å². The molecule has 9 aromatic carbocycles. The van der Waals surface area contributed by atoms with Gasteiger partial charge in [-0.1, -0.05) is 188 Å². The molecule has 0 radical (unpaired) electrons. The molecular weight excluding hydrogens is 679 g/mol. The zero-order valence-electron chi connectivity index (χ0n) is 30.7. The minimum Gasteiger partial charge on any atom is -0.456 e. The fourth-order valence-electron chi connectivity index (χ4n) is 8.08. The molecule has 0 N–H and O–H groups in total. The largest absolute Gasteiger partial charge is 0.456 e. The number of benzene rings is 9. The molecule has 10 rings (SSSR count). The van der Waals surface area contributed by atoms with Gasteiger partial charge in [-0.15, -0.1) is 0 Å². The lowest BCUT2D eigenvalue weighted by Crippen LogP contribution is -2.12. The summed E-state index contributed by atoms with van der Waals surface area (Å²) in [5.41, 5.74) is 16.6. The summed E-state index contributed by atoms with van der Waals surface area (Å²) in [7, 11) is 0. The van der Waals surface area contributed by atoms with Crippen LogP contribution in [-0.2, 0) is 0 Å². The summed E-state index contributed by atoms with van der Waals surface area (Å²) >= 11 is 0. The van der Waals surface area contributed by atoms with E-state index in [1.165, 1.54) is 33.4 Å². The van der Waals surface area contributed by atoms with Crippen LogP contribution in [0.1, 0.15) is 0 Å². The van der Waals surface area contributed by atoms with Gasteiger partial charge in [-0.3, -0.25) is 0 Å². The maximum absolute atomic E-state index is 6.50. The molecule has 1 aromatic heterocycles. The van der Waals surface area contributed by atoms with E-state index in [0.29, 0.717) is 0 Å². The minimum absolute atomic E-state index is 0.855. The average molecular weight is 716 g/mol. The summed E-state index contributed by atoms with van der Waals surface area (Å²) in [6, 6.07) is 80.1. The highest BCUT2D eigenvalue weighted by atomic mass is 16.3. The predicted molar refractivity (Wildman–Crippen MR) is 236 cm³/mol. The van der Waals surface area contributed by atoms with Crippen LogP contribution < -0.4 is 4.90 Å². The van der Waals surface area contributed by atoms with Gasteiger partial charge in [-0.2, -0.15) is 0 Å². The minimum atomic E-state index is 0.855. The number of rotatable bonds is 8. The Morgan fingerprint density at radius 2 is 0.732 bits per heavy atom. The number of fused-ring (bicyclic) bond motifs is 3. The first-order valence-electron chi connectivity index (χ1n) is 19.1. The van der Waals surface area contributed by atoms with Crippen molar-refractivity contribution in [3.8, 4) is 55.6 Å². The van der Waals surface area contributed by atoms with Crippen molar-refractivity contribution in [1.82, 2.24) is 0 Å². The van der Waals surface area contributed by atoms with Crippen LogP contribution in [0.25, 0.3) is 77.6 Å². The first-order valence-corrected chi connectivity index (χ1v) is 19.1. The standard InChI is InChI=1S/C54H37NO/c1-4-16-38(17-5-1)40-30-32-43(33-31-40)46-25-14-26-49(53(46)47-23-11-10-22-45(47)42-20-8-3-9-21-42)55(44-36-34-41(35-37-44)39-18-6-2-7-19-39)50-27-15-29-52-54(50)48-24-12-13-28-51(48)56-52/h1-37H. The fraction of sp³-hybridized carbons (Fsp3) is 0. The molecule has 0 bridgehead atoms. The summed E-state index contributed by atoms with van der Waals surface area (Å²) in [5.74, 6) is 0. The molecule has 0 saturated heterocycles. The van der Waals surface area contributed by atoms with Crippen molar-refractivity contribution in [3.05, 3.63) is 224 Å². The van der Waals surface area contributed by atoms with Gasteiger partial charge in [0.1, 0.15) is 11.2 Å². The van der Waals surface area contributed by atoms with Crippen LogP contribution in [0, 0.1) is 0 Å². The third kappa shape index (κ3) is 6.04. The van der Waals surface area contributed by atoms with Crippen LogP contribution in [-0.4, -0.2) is 0 Å². The summed E-state index contributed by atoms with van der Waals surface area (Å²) < 4.78 is 6.50. The van der Waals surface area contributed by atoms with E-state index in [9.17, 15) is 0 Å². The smallest absolute Gasteiger partial charge is 0.137 e. The Labute approximate surface area is 327 Å². The van der Waals surface area contributed by atoms with Crippen molar-refractivity contribution in [1.29, 1.82) is 0 Å². The Kier molecular flexibility index (Phi) is 8.55. The molecular formula is C54H37NO. The van der Waals surface area contributed by atoms with Crippen molar-refractivity contribution >= 4 is 39.0 Å². The number of hydrogen-bond acceptors (Lipinski definition) is 2. The molecule has 0 fully saturated rings. The SMILES string of the molecule is c1ccc(-c2ccc(-c3cccc(N(c4ccc(-c5ccccc5)cc4)c4cccc5oc6ccccc6c45)c3-c3ccccc3-c3ccccc3)cc2)cc1. The monoisotopic (exact) mass is 715 g/mol. The first-order chi connectivity index (χ1) is 27.8. The first kappa shape index (κ1) is 33.2. The topological polar surface area (TPSA) is 16.4 Å². The quantitative estimate of drug-likeness (QED) is 0.156. The molecule has 0 amide bonds. The molecule has 0 aliphatic rings. The van der Waals surface area contributed by atoms with Crippen molar-refractivity contribution < 1.29 is 4.42 Å². The third-order valence-electron chi connectivity index (χ3n) is 10.7. The lowest BCUT2D eigenvalue weighted by atomic mass is 9.87. The van der Waals surface area contributed by atoms with Gasteiger partial charge in [-0.25, -0.2) is 0 Å². The van der Waals surface area contributed by atoms with E-state index < -0.39 is 0 Å². The van der Waals surface area contributed by atoms with Crippen LogP contribution in [0.5, 0.6) is 0 Å². The van der Waals surface area contributed by atoms with E-state index in [0.717, 1.165) is 61.3 Å². The van der Waals surface area contributed by atoms with E-state index >= 15 is 0 Å². The second-order valence-electron chi connectivity index (χ2n) is 14.1. The third-order valence-corrected chi connectivity index (χ3v) is 10.7. The van der Waals surface area contributed by atoms with E-state index in [1.54, 1.807) is 0 Å². The van der Waals surface area contributed by atoms with Gasteiger partial charge in [0.25, 0.3) is 0 Å². The highest BCUT2D eigenvalue weighted by molar-refractivity contribution is 6.14. The molecule has 56 heavy (non-hydrogen) atoms. The van der Waals surface area contributed by atoms with Gasteiger partial charge >= 0.3 is 0 Å². The van der Waals surface area contributed by atoms with E-state index in [1.807, 2.05) is 6.07 Å². The number of nitrogens with zero attached hydrogens (tertiary/aromatic N) is 1. The van der Waals surface area contributed by atoms with Gasteiger partial charge in [-0.05, 0) is 86.5 Å². The molecule has 0 aliphatic carbocycles. The van der Waals surface area contributed by atoms with E-state index in [-0.39, 0.29) is 0 Å². The molecule has 10 aromatic rings. The fourth-order valence-corrected chi connectivity index (χ4v) is 8.08. The van der Waals surface area contributed by atoms with E-state index in [4.69, 9.17) is 4.42 Å². The summed E-state index contributed by atoms with van der Waals surface area (Å²) in [5, 5.41) is 2.16. The molecule has 1 heterocycles. The molecule has 0 spiro atoms. The van der Waals surface area contributed by atoms with Crippen LogP contribution in [0.4, 0.5) is 17.1 Å². The second kappa shape index (κ2) is 14.4. The molecule has 2 heteroatoms. The van der Waals surface area contributed by atoms with Crippen molar-refractivity contribution in [2.75, 3.05) is 4.90 Å². The zero-order chi connectivity index (χ0) is 37.3. The van der Waals surface area contributed by atoms with Gasteiger partial charge in [0.05, 0.1) is 16.8 Å².